The lowest BCUT2D eigenvalue weighted by Crippen LogP contribution is -2.11. The lowest BCUT2D eigenvalue weighted by molar-refractivity contribution is 0.227. The molecule has 1 atom stereocenters. The number of anilines is 1. The average molecular weight is 406 g/mol. The van der Waals surface area contributed by atoms with E-state index in [1.165, 1.54) is 6.07 Å². The van der Waals surface area contributed by atoms with E-state index in [4.69, 9.17) is 9.47 Å². The highest BCUT2D eigenvalue weighted by Crippen LogP contribution is 2.31. The number of aromatic nitrogens is 5. The normalized spacial score (nSPS) is 13.7. The van der Waals surface area contributed by atoms with Crippen LogP contribution in [-0.4, -0.2) is 31.2 Å². The van der Waals surface area contributed by atoms with Crippen molar-refractivity contribution in [2.24, 2.45) is 0 Å². The maximum atomic E-state index is 14.4. The Balaban J connectivity index is 1.39. The minimum absolute atomic E-state index is 0.235. The molecule has 1 unspecified atom stereocenters. The summed E-state index contributed by atoms with van der Waals surface area (Å²) in [4.78, 5) is 8.56. The van der Waals surface area contributed by atoms with Crippen LogP contribution in [-0.2, 0) is 13.0 Å². The van der Waals surface area contributed by atoms with Crippen molar-refractivity contribution in [3.63, 3.8) is 0 Å². The monoisotopic (exact) mass is 406 g/mol. The molecule has 0 saturated carbocycles. The van der Waals surface area contributed by atoms with Gasteiger partial charge in [0.25, 0.3) is 0 Å². The first kappa shape index (κ1) is 18.3. The third-order valence-corrected chi connectivity index (χ3v) is 5.12. The summed E-state index contributed by atoms with van der Waals surface area (Å²) in [5.41, 5.74) is 2.93. The molecule has 8 nitrogen and oxygen atoms in total. The zero-order valence-corrected chi connectivity index (χ0v) is 16.2. The van der Waals surface area contributed by atoms with E-state index in [1.807, 2.05) is 19.1 Å². The van der Waals surface area contributed by atoms with Gasteiger partial charge < -0.3 is 14.8 Å². The molecule has 9 heteroatoms. The molecule has 0 aliphatic carbocycles. The molecule has 0 spiro atoms. The van der Waals surface area contributed by atoms with Crippen molar-refractivity contribution >= 4 is 11.6 Å². The SMILES string of the molecule is CC(Oc1cnc(NCc2c(F)ccc3c2CCO3)n2cnnc12)c1cccnc1. The summed E-state index contributed by atoms with van der Waals surface area (Å²) in [5.74, 6) is 1.46. The summed E-state index contributed by atoms with van der Waals surface area (Å²) in [5, 5.41) is 11.3. The first-order chi connectivity index (χ1) is 14.7. The fraction of sp³-hybridized carbons (Fsp3) is 0.238. The maximum absolute atomic E-state index is 14.4. The van der Waals surface area contributed by atoms with Crippen molar-refractivity contribution in [3.05, 3.63) is 71.7 Å². The quantitative estimate of drug-likeness (QED) is 0.525. The van der Waals surface area contributed by atoms with Crippen molar-refractivity contribution < 1.29 is 13.9 Å². The third kappa shape index (κ3) is 3.28. The van der Waals surface area contributed by atoms with Gasteiger partial charge >= 0.3 is 0 Å². The van der Waals surface area contributed by atoms with Crippen LogP contribution in [0.5, 0.6) is 11.5 Å². The smallest absolute Gasteiger partial charge is 0.210 e. The Morgan fingerprint density at radius 1 is 1.30 bits per heavy atom. The molecule has 30 heavy (non-hydrogen) atoms. The van der Waals surface area contributed by atoms with Gasteiger partial charge in [0.05, 0.1) is 12.8 Å². The number of nitrogens with zero attached hydrogens (tertiary/aromatic N) is 5. The number of hydrogen-bond donors (Lipinski definition) is 1. The van der Waals surface area contributed by atoms with Gasteiger partial charge in [0, 0.05) is 42.0 Å². The number of pyridine rings is 1. The zero-order valence-electron chi connectivity index (χ0n) is 16.2. The van der Waals surface area contributed by atoms with E-state index in [0.717, 1.165) is 16.9 Å². The number of halogens is 1. The molecule has 152 valence electrons. The van der Waals surface area contributed by atoms with Gasteiger partial charge in [-0.1, -0.05) is 6.07 Å². The van der Waals surface area contributed by atoms with Gasteiger partial charge in [-0.25, -0.2) is 13.8 Å². The number of rotatable bonds is 6. The van der Waals surface area contributed by atoms with E-state index in [9.17, 15) is 4.39 Å². The van der Waals surface area contributed by atoms with E-state index in [0.29, 0.717) is 35.9 Å². The van der Waals surface area contributed by atoms with Gasteiger partial charge in [-0.15, -0.1) is 10.2 Å². The number of hydrogen-bond acceptors (Lipinski definition) is 7. The van der Waals surface area contributed by atoms with Crippen LogP contribution in [0.2, 0.25) is 0 Å². The molecule has 5 rings (SSSR count). The number of fused-ring (bicyclic) bond motifs is 2. The van der Waals surface area contributed by atoms with Crippen LogP contribution in [0.1, 0.15) is 29.7 Å². The van der Waals surface area contributed by atoms with Crippen molar-refractivity contribution in [2.75, 3.05) is 11.9 Å². The molecule has 1 aliphatic rings. The Bertz CT molecular complexity index is 1200. The van der Waals surface area contributed by atoms with Gasteiger partial charge in [-0.05, 0) is 25.1 Å². The van der Waals surface area contributed by atoms with Gasteiger partial charge in [-0.2, -0.15) is 0 Å². The second-order valence-corrected chi connectivity index (χ2v) is 6.97. The lowest BCUT2D eigenvalue weighted by Gasteiger charge is -2.16. The van der Waals surface area contributed by atoms with Crippen molar-refractivity contribution in [2.45, 2.75) is 26.0 Å². The van der Waals surface area contributed by atoms with Crippen LogP contribution in [0.4, 0.5) is 10.3 Å². The second-order valence-electron chi connectivity index (χ2n) is 6.97. The predicted molar refractivity (Wildman–Crippen MR) is 107 cm³/mol. The van der Waals surface area contributed by atoms with Crippen LogP contribution < -0.4 is 14.8 Å². The first-order valence-electron chi connectivity index (χ1n) is 9.63. The van der Waals surface area contributed by atoms with Crippen LogP contribution in [0.15, 0.2) is 49.2 Å². The molecule has 4 heterocycles. The summed E-state index contributed by atoms with van der Waals surface area (Å²) >= 11 is 0. The maximum Gasteiger partial charge on any atom is 0.210 e. The highest BCUT2D eigenvalue weighted by molar-refractivity contribution is 5.56. The predicted octanol–water partition coefficient (Wildman–Crippen LogP) is 3.35. The molecule has 1 aromatic carbocycles. The van der Waals surface area contributed by atoms with Gasteiger partial charge in [0.1, 0.15) is 24.0 Å². The van der Waals surface area contributed by atoms with E-state index in [1.54, 1.807) is 35.4 Å². The Morgan fingerprint density at radius 2 is 2.23 bits per heavy atom. The van der Waals surface area contributed by atoms with Crippen LogP contribution >= 0.6 is 0 Å². The van der Waals surface area contributed by atoms with Crippen molar-refractivity contribution in [3.8, 4) is 11.5 Å². The molecule has 0 bridgehead atoms. The molecule has 0 radical (unpaired) electrons. The summed E-state index contributed by atoms with van der Waals surface area (Å²) in [6, 6.07) is 6.91. The zero-order chi connectivity index (χ0) is 20.5. The van der Waals surface area contributed by atoms with Crippen LogP contribution in [0.3, 0.4) is 0 Å². The highest BCUT2D eigenvalue weighted by Gasteiger charge is 2.20. The molecule has 4 aromatic rings. The minimum atomic E-state index is -0.267. The lowest BCUT2D eigenvalue weighted by atomic mass is 10.0. The Labute approximate surface area is 171 Å². The highest BCUT2D eigenvalue weighted by atomic mass is 19.1. The van der Waals surface area contributed by atoms with E-state index < -0.39 is 0 Å². The largest absolute Gasteiger partial charge is 0.493 e. The Morgan fingerprint density at radius 3 is 3.10 bits per heavy atom. The van der Waals surface area contributed by atoms with Crippen molar-refractivity contribution in [1.82, 2.24) is 24.6 Å². The van der Waals surface area contributed by atoms with Gasteiger partial charge in [-0.3, -0.25) is 4.98 Å². The fourth-order valence-electron chi connectivity index (χ4n) is 3.56. The molecule has 1 N–H and O–H groups in total. The molecule has 0 saturated heterocycles. The van der Waals surface area contributed by atoms with Crippen LogP contribution in [0, 0.1) is 5.82 Å². The standard InChI is InChI=1S/C21H19FN6O2/c1-13(14-3-2-7-23-9-14)30-19-11-25-21(28-12-26-27-20(19)28)24-10-16-15-6-8-29-18(15)5-4-17(16)22/h2-5,7,9,11-13H,6,8,10H2,1H3,(H,24,25). The molecular weight excluding hydrogens is 387 g/mol. The van der Waals surface area contributed by atoms with E-state index in [-0.39, 0.29) is 18.5 Å². The fourth-order valence-corrected chi connectivity index (χ4v) is 3.56. The molecular formula is C21H19FN6O2. The second kappa shape index (κ2) is 7.58. The van der Waals surface area contributed by atoms with Crippen LogP contribution in [0.25, 0.3) is 5.65 Å². The van der Waals surface area contributed by atoms with E-state index >= 15 is 0 Å². The molecule has 0 amide bonds. The topological polar surface area (TPSA) is 86.5 Å². The summed E-state index contributed by atoms with van der Waals surface area (Å²) < 4.78 is 27.7. The number of nitrogens with one attached hydrogen (secondary N) is 1. The average Bonchev–Trinajstić information content (AvgIpc) is 3.45. The minimum Gasteiger partial charge on any atom is -0.493 e. The van der Waals surface area contributed by atoms with Gasteiger partial charge in [0.2, 0.25) is 11.6 Å². The molecule has 1 aliphatic heterocycles. The number of ether oxygens (including phenoxy) is 2. The summed E-state index contributed by atoms with van der Waals surface area (Å²) in [7, 11) is 0. The summed E-state index contributed by atoms with van der Waals surface area (Å²) in [6.07, 6.45) is 7.06. The van der Waals surface area contributed by atoms with Gasteiger partial charge in [0.15, 0.2) is 5.75 Å². The van der Waals surface area contributed by atoms with E-state index in [2.05, 4.69) is 25.5 Å². The molecule has 0 fully saturated rings. The third-order valence-electron chi connectivity index (χ3n) is 5.12. The molecule has 3 aromatic heterocycles. The number of benzene rings is 1. The summed E-state index contributed by atoms with van der Waals surface area (Å²) in [6.45, 7) is 2.77. The first-order valence-corrected chi connectivity index (χ1v) is 9.63. The van der Waals surface area contributed by atoms with Crippen molar-refractivity contribution in [1.29, 1.82) is 0 Å². The Kier molecular flexibility index (Phi) is 4.62. The Hall–Kier alpha value is -3.75.